The minimum Gasteiger partial charge on any atom is -0.208 e. The van der Waals surface area contributed by atoms with Crippen LogP contribution in [0.2, 0.25) is 0 Å². The van der Waals surface area contributed by atoms with E-state index in [2.05, 4.69) is 4.99 Å². The molecule has 0 heterocycles. The van der Waals surface area contributed by atoms with Crippen LogP contribution in [0.15, 0.2) is 0 Å². The van der Waals surface area contributed by atoms with Crippen LogP contribution >= 0.6 is 0 Å². The molecule has 0 aliphatic carbocycles. The number of hydrogen-bond donors (Lipinski definition) is 1. The fourth-order valence-electron chi connectivity index (χ4n) is 0.965. The van der Waals surface area contributed by atoms with Crippen LogP contribution in [0.4, 0.5) is 27.6 Å². The van der Waals surface area contributed by atoms with E-state index >= 15 is 0 Å². The SMILES string of the molecule is CC(C)=[NH+]c1c(F)c(F)c(F)c(F)c1F. The molecule has 1 N–H and O–H groups in total. The molecule has 0 radical (unpaired) electrons. The Bertz CT molecular complexity index is 406. The standard InChI is InChI=1S/C9H6F5N/c1-3(2)15-9-7(13)5(11)4(10)6(12)8(9)14/h1-2H3/p+1. The van der Waals surface area contributed by atoms with Gasteiger partial charge in [0.05, 0.1) is 0 Å². The van der Waals surface area contributed by atoms with Gasteiger partial charge in [-0.25, -0.2) is 18.2 Å². The largest absolute Gasteiger partial charge is 0.282 e. The third kappa shape index (κ3) is 1.98. The molecule has 0 bridgehead atoms. The molecule has 15 heavy (non-hydrogen) atoms. The molecule has 1 rings (SSSR count). The maximum absolute atomic E-state index is 13.0. The van der Waals surface area contributed by atoms with Gasteiger partial charge in [0.1, 0.15) is 5.71 Å². The van der Waals surface area contributed by atoms with Crippen LogP contribution in [0.3, 0.4) is 0 Å². The van der Waals surface area contributed by atoms with E-state index in [1.54, 1.807) is 0 Å². The summed E-state index contributed by atoms with van der Waals surface area (Å²) in [6, 6.07) is 0. The van der Waals surface area contributed by atoms with E-state index in [4.69, 9.17) is 0 Å². The Kier molecular flexibility index (Phi) is 3.06. The van der Waals surface area contributed by atoms with Crippen molar-refractivity contribution >= 4 is 11.4 Å². The molecule has 6 heteroatoms. The van der Waals surface area contributed by atoms with E-state index in [0.717, 1.165) is 0 Å². The van der Waals surface area contributed by atoms with E-state index in [9.17, 15) is 22.0 Å². The third-order valence-electron chi connectivity index (χ3n) is 1.58. The fourth-order valence-corrected chi connectivity index (χ4v) is 0.965. The van der Waals surface area contributed by atoms with Gasteiger partial charge in [-0.1, -0.05) is 0 Å². The number of halogens is 5. The van der Waals surface area contributed by atoms with Gasteiger partial charge in [-0.2, -0.15) is 8.78 Å². The zero-order chi connectivity index (χ0) is 11.7. The highest BCUT2D eigenvalue weighted by molar-refractivity contribution is 5.73. The van der Waals surface area contributed by atoms with Gasteiger partial charge in [0, 0.05) is 13.8 Å². The summed E-state index contributed by atoms with van der Waals surface area (Å²) in [6.45, 7) is 2.86. The van der Waals surface area contributed by atoms with Gasteiger partial charge in [-0.3, -0.25) is 0 Å². The first-order valence-corrected chi connectivity index (χ1v) is 3.94. The van der Waals surface area contributed by atoms with Crippen molar-refractivity contribution in [3.05, 3.63) is 29.1 Å². The summed E-state index contributed by atoms with van der Waals surface area (Å²) in [4.78, 5) is 2.07. The molecule has 1 aromatic rings. The summed E-state index contributed by atoms with van der Waals surface area (Å²) >= 11 is 0. The zero-order valence-electron chi connectivity index (χ0n) is 7.89. The molecule has 0 aliphatic heterocycles. The lowest BCUT2D eigenvalue weighted by atomic mass is 10.2. The molecule has 1 aromatic carbocycles. The van der Waals surface area contributed by atoms with Crippen LogP contribution in [0, 0.1) is 29.1 Å². The normalized spacial score (nSPS) is 10.3. The summed E-state index contributed by atoms with van der Waals surface area (Å²) in [7, 11) is 0. The molecule has 0 saturated carbocycles. The average Bonchev–Trinajstić information content (AvgIpc) is 2.18. The molecule has 0 fully saturated rings. The highest BCUT2D eigenvalue weighted by atomic mass is 19.2. The summed E-state index contributed by atoms with van der Waals surface area (Å²) < 4.78 is 63.8. The highest BCUT2D eigenvalue weighted by Crippen LogP contribution is 2.23. The lowest BCUT2D eigenvalue weighted by Gasteiger charge is -1.99. The predicted molar refractivity (Wildman–Crippen MR) is 43.2 cm³/mol. The van der Waals surface area contributed by atoms with Gasteiger partial charge >= 0.3 is 0 Å². The maximum Gasteiger partial charge on any atom is 0.282 e. The first kappa shape index (κ1) is 11.6. The second kappa shape index (κ2) is 3.96. The summed E-state index contributed by atoms with van der Waals surface area (Å²) in [5, 5.41) is 0. The van der Waals surface area contributed by atoms with Gasteiger partial charge in [-0.15, -0.1) is 0 Å². The van der Waals surface area contributed by atoms with Crippen LogP contribution in [-0.2, 0) is 0 Å². The number of benzene rings is 1. The van der Waals surface area contributed by atoms with Gasteiger partial charge in [0.2, 0.25) is 29.1 Å². The lowest BCUT2D eigenvalue weighted by molar-refractivity contribution is -0.361. The number of nitrogens with one attached hydrogen (secondary N) is 1. The number of hydrogen-bond acceptors (Lipinski definition) is 0. The van der Waals surface area contributed by atoms with Crippen LogP contribution in [-0.4, -0.2) is 5.71 Å². The van der Waals surface area contributed by atoms with Crippen molar-refractivity contribution in [2.45, 2.75) is 13.8 Å². The van der Waals surface area contributed by atoms with Crippen molar-refractivity contribution in [1.29, 1.82) is 0 Å². The molecular formula is C9H7F5N+. The Labute approximate surface area is 82.2 Å². The molecule has 0 spiro atoms. The second-order valence-electron chi connectivity index (χ2n) is 3.07. The van der Waals surface area contributed by atoms with Crippen LogP contribution in [0.5, 0.6) is 0 Å². The predicted octanol–water partition coefficient (Wildman–Crippen LogP) is 1.58. The summed E-state index contributed by atoms with van der Waals surface area (Å²) in [5.74, 6) is -9.82. The van der Waals surface area contributed by atoms with Crippen molar-refractivity contribution in [2.75, 3.05) is 0 Å². The summed E-state index contributed by atoms with van der Waals surface area (Å²) in [6.07, 6.45) is 0. The van der Waals surface area contributed by atoms with Crippen molar-refractivity contribution in [1.82, 2.24) is 0 Å². The molecular weight excluding hydrogens is 217 g/mol. The smallest absolute Gasteiger partial charge is 0.208 e. The quantitative estimate of drug-likeness (QED) is 0.322. The third-order valence-corrected chi connectivity index (χ3v) is 1.58. The van der Waals surface area contributed by atoms with E-state index in [1.807, 2.05) is 0 Å². The first-order chi connectivity index (χ1) is 6.86. The van der Waals surface area contributed by atoms with E-state index in [1.165, 1.54) is 13.8 Å². The van der Waals surface area contributed by atoms with E-state index < -0.39 is 34.8 Å². The Hall–Kier alpha value is -1.46. The minimum absolute atomic E-state index is 0.304. The van der Waals surface area contributed by atoms with Crippen LogP contribution < -0.4 is 4.99 Å². The average molecular weight is 224 g/mol. The van der Waals surface area contributed by atoms with Crippen LogP contribution in [0.25, 0.3) is 0 Å². The zero-order valence-corrected chi connectivity index (χ0v) is 7.89. The molecule has 0 atom stereocenters. The minimum atomic E-state index is -2.16. The molecule has 0 saturated heterocycles. The first-order valence-electron chi connectivity index (χ1n) is 3.94. The van der Waals surface area contributed by atoms with E-state index in [-0.39, 0.29) is 0 Å². The molecule has 0 unspecified atom stereocenters. The topological polar surface area (TPSA) is 14.0 Å². The van der Waals surface area contributed by atoms with Crippen molar-refractivity contribution in [3.63, 3.8) is 0 Å². The van der Waals surface area contributed by atoms with Gasteiger partial charge in [0.15, 0.2) is 0 Å². The molecule has 0 amide bonds. The lowest BCUT2D eigenvalue weighted by Crippen LogP contribution is -2.66. The fraction of sp³-hybridized carbons (Fsp3) is 0.222. The Morgan fingerprint density at radius 2 is 1.07 bits per heavy atom. The Morgan fingerprint density at radius 3 is 1.40 bits per heavy atom. The molecule has 0 aromatic heterocycles. The molecule has 1 nitrogen and oxygen atoms in total. The second-order valence-corrected chi connectivity index (χ2v) is 3.07. The summed E-state index contributed by atoms with van der Waals surface area (Å²) in [5.41, 5.74) is -0.732. The van der Waals surface area contributed by atoms with Crippen molar-refractivity contribution in [3.8, 4) is 0 Å². The maximum atomic E-state index is 13.0. The Balaban J connectivity index is 3.60. The number of rotatable bonds is 1. The van der Waals surface area contributed by atoms with E-state index in [0.29, 0.717) is 5.71 Å². The van der Waals surface area contributed by atoms with Crippen molar-refractivity contribution in [2.24, 2.45) is 0 Å². The van der Waals surface area contributed by atoms with Gasteiger partial charge in [-0.05, 0) is 0 Å². The molecule has 82 valence electrons. The monoisotopic (exact) mass is 224 g/mol. The Morgan fingerprint density at radius 1 is 0.733 bits per heavy atom. The van der Waals surface area contributed by atoms with Gasteiger partial charge in [0.25, 0.3) is 5.69 Å². The molecule has 0 aliphatic rings. The highest BCUT2D eigenvalue weighted by Gasteiger charge is 2.29. The van der Waals surface area contributed by atoms with Crippen LogP contribution in [0.1, 0.15) is 13.8 Å². The van der Waals surface area contributed by atoms with Gasteiger partial charge < -0.3 is 0 Å². The van der Waals surface area contributed by atoms with Crippen molar-refractivity contribution < 1.29 is 26.9 Å².